The van der Waals surface area contributed by atoms with E-state index < -0.39 is 0 Å². The monoisotopic (exact) mass is 350 g/mol. The first-order valence-electron chi connectivity index (χ1n) is 9.42. The van der Waals surface area contributed by atoms with E-state index in [0.717, 1.165) is 29.5 Å². The first-order chi connectivity index (χ1) is 13.3. The molecule has 0 aromatic heterocycles. The zero-order valence-electron chi connectivity index (χ0n) is 15.2. The molecule has 0 unspecified atom stereocenters. The summed E-state index contributed by atoms with van der Waals surface area (Å²) in [6.07, 6.45) is 6.12. The lowest BCUT2D eigenvalue weighted by atomic mass is 9.96. The maximum atomic E-state index is 13.2. The predicted molar refractivity (Wildman–Crippen MR) is 112 cm³/mol. The van der Waals surface area contributed by atoms with Crippen molar-refractivity contribution in [1.29, 1.82) is 0 Å². The van der Waals surface area contributed by atoms with E-state index >= 15 is 0 Å². The van der Waals surface area contributed by atoms with Gasteiger partial charge in [-0.2, -0.15) is 0 Å². The van der Waals surface area contributed by atoms with Crippen molar-refractivity contribution in [3.63, 3.8) is 0 Å². The molecule has 3 aromatic rings. The van der Waals surface area contributed by atoms with Gasteiger partial charge in [0.15, 0.2) is 5.78 Å². The van der Waals surface area contributed by atoms with Crippen molar-refractivity contribution in [3.8, 4) is 0 Å². The fourth-order valence-electron chi connectivity index (χ4n) is 3.72. The van der Waals surface area contributed by atoms with Gasteiger partial charge in [0.1, 0.15) is 0 Å². The average Bonchev–Trinajstić information content (AvgIpc) is 3.18. The second-order valence-corrected chi connectivity index (χ2v) is 6.96. The van der Waals surface area contributed by atoms with Crippen molar-refractivity contribution < 1.29 is 4.79 Å². The second kappa shape index (κ2) is 8.01. The Morgan fingerprint density at radius 2 is 1.33 bits per heavy atom. The summed E-state index contributed by atoms with van der Waals surface area (Å²) in [5.74, 6) is 0.508. The highest BCUT2D eigenvalue weighted by atomic mass is 16.1. The second-order valence-electron chi connectivity index (χ2n) is 6.96. The van der Waals surface area contributed by atoms with Gasteiger partial charge in [-0.05, 0) is 35.5 Å². The molecule has 0 bridgehead atoms. The van der Waals surface area contributed by atoms with Crippen LogP contribution in [0, 0.1) is 5.92 Å². The summed E-state index contributed by atoms with van der Waals surface area (Å²) in [5, 5.41) is 0. The molecule has 1 heteroatoms. The van der Waals surface area contributed by atoms with Gasteiger partial charge in [0.25, 0.3) is 0 Å². The zero-order valence-corrected chi connectivity index (χ0v) is 15.2. The summed E-state index contributed by atoms with van der Waals surface area (Å²) in [7, 11) is 0. The molecule has 1 nitrogen and oxygen atoms in total. The van der Waals surface area contributed by atoms with E-state index in [1.807, 2.05) is 66.7 Å². The molecule has 0 aliphatic heterocycles. The fraction of sp³-hybridized carbons (Fsp3) is 0.115. The van der Waals surface area contributed by atoms with E-state index in [-0.39, 0.29) is 5.78 Å². The van der Waals surface area contributed by atoms with Crippen LogP contribution in [0.15, 0.2) is 103 Å². The standard InChI is InChI=1S/C26H22O/c27-26(23-14-8-3-9-15-23)25-19-21(17-16-20-10-4-1-5-11-20)18-24(25)22-12-6-2-7-13-22/h1-17,21H,18-19H2/b17-16+/t21-/m1/s1. The molecule has 3 aromatic carbocycles. The number of ketones is 1. The molecular weight excluding hydrogens is 328 g/mol. The molecule has 132 valence electrons. The maximum absolute atomic E-state index is 13.2. The Morgan fingerprint density at radius 3 is 2.00 bits per heavy atom. The summed E-state index contributed by atoms with van der Waals surface area (Å²) < 4.78 is 0. The van der Waals surface area contributed by atoms with Crippen molar-refractivity contribution >= 4 is 17.4 Å². The lowest BCUT2D eigenvalue weighted by molar-refractivity contribution is 0.103. The van der Waals surface area contributed by atoms with E-state index in [1.54, 1.807) is 0 Å². The summed E-state index contributed by atoms with van der Waals surface area (Å²) in [5.41, 5.74) is 5.27. The molecule has 0 N–H and O–H groups in total. The summed E-state index contributed by atoms with van der Waals surface area (Å²) >= 11 is 0. The van der Waals surface area contributed by atoms with Gasteiger partial charge in [-0.1, -0.05) is 103 Å². The number of hydrogen-bond donors (Lipinski definition) is 0. The van der Waals surface area contributed by atoms with Crippen LogP contribution in [-0.4, -0.2) is 5.78 Å². The van der Waals surface area contributed by atoms with E-state index in [9.17, 15) is 4.79 Å². The van der Waals surface area contributed by atoms with Crippen LogP contribution in [-0.2, 0) is 0 Å². The first-order valence-corrected chi connectivity index (χ1v) is 9.42. The molecule has 0 spiro atoms. The Balaban J connectivity index is 1.64. The molecule has 0 fully saturated rings. The topological polar surface area (TPSA) is 17.1 Å². The Morgan fingerprint density at radius 1 is 0.741 bits per heavy atom. The van der Waals surface area contributed by atoms with Gasteiger partial charge in [-0.25, -0.2) is 0 Å². The third-order valence-electron chi connectivity index (χ3n) is 5.09. The highest BCUT2D eigenvalue weighted by Gasteiger charge is 2.28. The van der Waals surface area contributed by atoms with Gasteiger partial charge in [-0.3, -0.25) is 4.79 Å². The molecule has 0 radical (unpaired) electrons. The number of rotatable bonds is 5. The number of carbonyl (C=O) groups excluding carboxylic acids is 1. The van der Waals surface area contributed by atoms with Crippen LogP contribution in [0.25, 0.3) is 11.6 Å². The minimum atomic E-state index is 0.157. The maximum Gasteiger partial charge on any atom is 0.189 e. The molecule has 0 amide bonds. The van der Waals surface area contributed by atoms with Gasteiger partial charge in [0.2, 0.25) is 0 Å². The fourth-order valence-corrected chi connectivity index (χ4v) is 3.72. The Bertz CT molecular complexity index is 966. The van der Waals surface area contributed by atoms with E-state index in [1.165, 1.54) is 11.1 Å². The Hall–Kier alpha value is -3.19. The minimum absolute atomic E-state index is 0.157. The average molecular weight is 350 g/mol. The van der Waals surface area contributed by atoms with Crippen LogP contribution in [0.2, 0.25) is 0 Å². The predicted octanol–water partition coefficient (Wildman–Crippen LogP) is 6.45. The molecule has 1 atom stereocenters. The van der Waals surface area contributed by atoms with Gasteiger partial charge in [-0.15, -0.1) is 0 Å². The Labute approximate surface area is 160 Å². The van der Waals surface area contributed by atoms with Gasteiger partial charge < -0.3 is 0 Å². The zero-order chi connectivity index (χ0) is 18.5. The minimum Gasteiger partial charge on any atom is -0.289 e. The van der Waals surface area contributed by atoms with Gasteiger partial charge in [0.05, 0.1) is 0 Å². The quantitative estimate of drug-likeness (QED) is 0.483. The van der Waals surface area contributed by atoms with Crippen LogP contribution in [0.4, 0.5) is 0 Å². The SMILES string of the molecule is O=C(C1=C(c2ccccc2)C[C@@H](/C=C/c2ccccc2)C1)c1ccccc1. The third kappa shape index (κ3) is 3.98. The van der Waals surface area contributed by atoms with Crippen LogP contribution in [0.5, 0.6) is 0 Å². The highest BCUT2D eigenvalue weighted by Crippen LogP contribution is 2.40. The molecule has 0 heterocycles. The third-order valence-corrected chi connectivity index (χ3v) is 5.09. The largest absolute Gasteiger partial charge is 0.289 e. The number of carbonyl (C=O) groups is 1. The molecular formula is C26H22O. The van der Waals surface area contributed by atoms with Crippen molar-refractivity contribution in [2.45, 2.75) is 12.8 Å². The van der Waals surface area contributed by atoms with Crippen LogP contribution < -0.4 is 0 Å². The number of Topliss-reactive ketones (excluding diaryl/α,β-unsaturated/α-hetero) is 1. The molecule has 0 saturated heterocycles. The van der Waals surface area contributed by atoms with E-state index in [4.69, 9.17) is 0 Å². The smallest absolute Gasteiger partial charge is 0.189 e. The summed E-state index contributed by atoms with van der Waals surface area (Å²) in [6, 6.07) is 30.3. The molecule has 1 aliphatic carbocycles. The Kier molecular flexibility index (Phi) is 5.11. The van der Waals surface area contributed by atoms with Crippen molar-refractivity contribution in [3.05, 3.63) is 119 Å². The summed E-state index contributed by atoms with van der Waals surface area (Å²) in [4.78, 5) is 13.2. The van der Waals surface area contributed by atoms with Crippen molar-refractivity contribution in [2.24, 2.45) is 5.92 Å². The molecule has 0 saturated carbocycles. The first kappa shape index (κ1) is 17.2. The molecule has 1 aliphatic rings. The van der Waals surface area contributed by atoms with Gasteiger partial charge in [0, 0.05) is 11.1 Å². The number of hydrogen-bond acceptors (Lipinski definition) is 1. The molecule has 4 rings (SSSR count). The normalized spacial score (nSPS) is 16.8. The van der Waals surface area contributed by atoms with E-state index in [0.29, 0.717) is 5.92 Å². The number of benzene rings is 3. The lowest BCUT2D eigenvalue weighted by Crippen LogP contribution is -2.03. The van der Waals surface area contributed by atoms with Crippen LogP contribution in [0.1, 0.15) is 34.3 Å². The molecule has 27 heavy (non-hydrogen) atoms. The highest BCUT2D eigenvalue weighted by molar-refractivity contribution is 6.13. The summed E-state index contributed by atoms with van der Waals surface area (Å²) in [6.45, 7) is 0. The van der Waals surface area contributed by atoms with Crippen LogP contribution >= 0.6 is 0 Å². The van der Waals surface area contributed by atoms with Crippen LogP contribution in [0.3, 0.4) is 0 Å². The van der Waals surface area contributed by atoms with Gasteiger partial charge >= 0.3 is 0 Å². The lowest BCUT2D eigenvalue weighted by Gasteiger charge is -2.07. The number of allylic oxidation sites excluding steroid dienone is 3. The van der Waals surface area contributed by atoms with Crippen molar-refractivity contribution in [2.75, 3.05) is 0 Å². The van der Waals surface area contributed by atoms with Crippen molar-refractivity contribution in [1.82, 2.24) is 0 Å². The van der Waals surface area contributed by atoms with E-state index in [2.05, 4.69) is 36.4 Å².